The largest absolute Gasteiger partial charge is 0.484 e. The standard InChI is InChI=1S/C12H17NO3/c1-13(7-4-8-14)12-9-15-10-5-2-3-6-11(10)16-12/h2-3,5-6,12,14H,4,7-9H2,1H3. The molecule has 1 aliphatic heterocycles. The van der Waals surface area contributed by atoms with E-state index in [0.29, 0.717) is 6.61 Å². The van der Waals surface area contributed by atoms with E-state index < -0.39 is 0 Å². The second kappa shape index (κ2) is 5.18. The van der Waals surface area contributed by atoms with Gasteiger partial charge in [-0.2, -0.15) is 0 Å². The lowest BCUT2D eigenvalue weighted by molar-refractivity contribution is -0.0171. The van der Waals surface area contributed by atoms with Gasteiger partial charge in [0.25, 0.3) is 0 Å². The Morgan fingerprint density at radius 2 is 2.12 bits per heavy atom. The quantitative estimate of drug-likeness (QED) is 0.830. The highest BCUT2D eigenvalue weighted by Gasteiger charge is 2.23. The molecular weight excluding hydrogens is 206 g/mol. The van der Waals surface area contributed by atoms with Crippen LogP contribution in [0.1, 0.15) is 6.42 Å². The molecular formula is C12H17NO3. The van der Waals surface area contributed by atoms with E-state index in [4.69, 9.17) is 14.6 Å². The Morgan fingerprint density at radius 3 is 2.88 bits per heavy atom. The number of rotatable bonds is 4. The zero-order valence-corrected chi connectivity index (χ0v) is 9.43. The van der Waals surface area contributed by atoms with Crippen molar-refractivity contribution in [2.24, 2.45) is 0 Å². The van der Waals surface area contributed by atoms with Crippen LogP contribution in [0.25, 0.3) is 0 Å². The van der Waals surface area contributed by atoms with Crippen molar-refractivity contribution in [2.45, 2.75) is 12.6 Å². The second-order valence-electron chi connectivity index (χ2n) is 3.89. The fourth-order valence-corrected chi connectivity index (χ4v) is 1.69. The van der Waals surface area contributed by atoms with Crippen LogP contribution >= 0.6 is 0 Å². The van der Waals surface area contributed by atoms with Gasteiger partial charge in [-0.1, -0.05) is 12.1 Å². The van der Waals surface area contributed by atoms with Crippen LogP contribution in [0.5, 0.6) is 11.5 Å². The summed E-state index contributed by atoms with van der Waals surface area (Å²) < 4.78 is 11.4. The highest BCUT2D eigenvalue weighted by atomic mass is 16.6. The van der Waals surface area contributed by atoms with E-state index in [2.05, 4.69) is 0 Å². The van der Waals surface area contributed by atoms with Crippen molar-refractivity contribution < 1.29 is 14.6 Å². The number of hydrogen-bond acceptors (Lipinski definition) is 4. The monoisotopic (exact) mass is 223 g/mol. The molecule has 16 heavy (non-hydrogen) atoms. The van der Waals surface area contributed by atoms with Gasteiger partial charge < -0.3 is 14.6 Å². The molecule has 1 heterocycles. The molecule has 4 heteroatoms. The average molecular weight is 223 g/mol. The maximum atomic E-state index is 8.77. The molecule has 1 unspecified atom stereocenters. The first-order chi connectivity index (χ1) is 7.81. The normalized spacial score (nSPS) is 18.8. The summed E-state index contributed by atoms with van der Waals surface area (Å²) >= 11 is 0. The number of hydrogen-bond donors (Lipinski definition) is 1. The van der Waals surface area contributed by atoms with Gasteiger partial charge in [0.05, 0.1) is 0 Å². The molecule has 0 aliphatic carbocycles. The molecule has 88 valence electrons. The number of likely N-dealkylation sites (N-methyl/N-ethyl adjacent to an activating group) is 1. The number of aliphatic hydroxyl groups excluding tert-OH is 1. The maximum Gasteiger partial charge on any atom is 0.186 e. The fourth-order valence-electron chi connectivity index (χ4n) is 1.69. The van der Waals surface area contributed by atoms with Gasteiger partial charge in [-0.3, -0.25) is 4.90 Å². The van der Waals surface area contributed by atoms with Crippen molar-refractivity contribution in [3.05, 3.63) is 24.3 Å². The summed E-state index contributed by atoms with van der Waals surface area (Å²) in [6.45, 7) is 1.53. The van der Waals surface area contributed by atoms with Gasteiger partial charge in [0, 0.05) is 13.2 Å². The van der Waals surface area contributed by atoms with Crippen LogP contribution < -0.4 is 9.47 Å². The number of benzene rings is 1. The molecule has 2 rings (SSSR count). The van der Waals surface area contributed by atoms with Crippen LogP contribution in [0.3, 0.4) is 0 Å². The topological polar surface area (TPSA) is 41.9 Å². The summed E-state index contributed by atoms with van der Waals surface area (Å²) in [6.07, 6.45) is 0.680. The highest BCUT2D eigenvalue weighted by molar-refractivity contribution is 5.40. The van der Waals surface area contributed by atoms with Gasteiger partial charge >= 0.3 is 0 Å². The third-order valence-corrected chi connectivity index (χ3v) is 2.65. The van der Waals surface area contributed by atoms with Crippen molar-refractivity contribution in [2.75, 3.05) is 26.8 Å². The van der Waals surface area contributed by atoms with E-state index in [1.54, 1.807) is 0 Å². The molecule has 1 N–H and O–H groups in total. The van der Waals surface area contributed by atoms with E-state index in [1.807, 2.05) is 36.2 Å². The lowest BCUT2D eigenvalue weighted by Gasteiger charge is -2.32. The minimum atomic E-state index is -0.0681. The van der Waals surface area contributed by atoms with Crippen molar-refractivity contribution in [3.63, 3.8) is 0 Å². The molecule has 0 saturated heterocycles. The predicted octanol–water partition coefficient (Wildman–Crippen LogP) is 1.10. The molecule has 0 amide bonds. The van der Waals surface area contributed by atoms with E-state index in [0.717, 1.165) is 24.5 Å². The van der Waals surface area contributed by atoms with Gasteiger partial charge in [-0.25, -0.2) is 0 Å². The van der Waals surface area contributed by atoms with E-state index in [-0.39, 0.29) is 12.8 Å². The van der Waals surface area contributed by atoms with Crippen LogP contribution in [0, 0.1) is 0 Å². The fraction of sp³-hybridized carbons (Fsp3) is 0.500. The van der Waals surface area contributed by atoms with E-state index >= 15 is 0 Å². The number of ether oxygens (including phenoxy) is 2. The van der Waals surface area contributed by atoms with Crippen molar-refractivity contribution >= 4 is 0 Å². The minimum absolute atomic E-state index is 0.0681. The van der Waals surface area contributed by atoms with Gasteiger partial charge in [-0.05, 0) is 25.6 Å². The Labute approximate surface area is 95.4 Å². The van der Waals surface area contributed by atoms with Crippen molar-refractivity contribution in [1.82, 2.24) is 4.90 Å². The number of aliphatic hydroxyl groups is 1. The van der Waals surface area contributed by atoms with Crippen LogP contribution in [0.15, 0.2) is 24.3 Å². The molecule has 1 aromatic rings. The molecule has 1 aliphatic rings. The third kappa shape index (κ3) is 2.46. The zero-order valence-electron chi connectivity index (χ0n) is 9.43. The minimum Gasteiger partial charge on any atom is -0.484 e. The molecule has 0 spiro atoms. The summed E-state index contributed by atoms with van der Waals surface area (Å²) in [5, 5.41) is 8.77. The molecule has 1 aromatic carbocycles. The molecule has 1 atom stereocenters. The van der Waals surface area contributed by atoms with Crippen LogP contribution in [0.4, 0.5) is 0 Å². The van der Waals surface area contributed by atoms with Crippen molar-refractivity contribution in [1.29, 1.82) is 0 Å². The van der Waals surface area contributed by atoms with E-state index in [9.17, 15) is 0 Å². The molecule has 0 radical (unpaired) electrons. The Hall–Kier alpha value is -1.26. The lowest BCUT2D eigenvalue weighted by atomic mass is 10.3. The Bertz CT molecular complexity index is 343. The summed E-state index contributed by atoms with van der Waals surface area (Å²) in [5.74, 6) is 1.59. The number of nitrogens with zero attached hydrogens (tertiary/aromatic N) is 1. The highest BCUT2D eigenvalue weighted by Crippen LogP contribution is 2.31. The lowest BCUT2D eigenvalue weighted by Crippen LogP contribution is -2.43. The summed E-state index contributed by atoms with van der Waals surface area (Å²) in [6, 6.07) is 7.66. The average Bonchev–Trinajstić information content (AvgIpc) is 2.35. The molecule has 0 aromatic heterocycles. The first kappa shape index (κ1) is 11.2. The Kier molecular flexibility index (Phi) is 3.64. The molecule has 0 saturated carbocycles. The number of fused-ring (bicyclic) bond motifs is 1. The summed E-state index contributed by atoms with van der Waals surface area (Å²) in [4.78, 5) is 2.05. The van der Waals surface area contributed by atoms with Gasteiger partial charge in [0.2, 0.25) is 0 Å². The van der Waals surface area contributed by atoms with Crippen LogP contribution in [-0.4, -0.2) is 43.0 Å². The molecule has 0 fully saturated rings. The third-order valence-electron chi connectivity index (χ3n) is 2.65. The second-order valence-corrected chi connectivity index (χ2v) is 3.89. The SMILES string of the molecule is CN(CCCO)C1COc2ccccc2O1. The van der Waals surface area contributed by atoms with Crippen molar-refractivity contribution in [3.8, 4) is 11.5 Å². The first-order valence-electron chi connectivity index (χ1n) is 5.51. The number of para-hydroxylation sites is 2. The predicted molar refractivity (Wildman–Crippen MR) is 60.7 cm³/mol. The Balaban J connectivity index is 1.97. The Morgan fingerprint density at radius 1 is 1.38 bits per heavy atom. The van der Waals surface area contributed by atoms with Gasteiger partial charge in [0.15, 0.2) is 17.7 Å². The first-order valence-corrected chi connectivity index (χ1v) is 5.51. The molecule has 0 bridgehead atoms. The smallest absolute Gasteiger partial charge is 0.186 e. The van der Waals surface area contributed by atoms with Gasteiger partial charge in [-0.15, -0.1) is 0 Å². The van der Waals surface area contributed by atoms with Gasteiger partial charge in [0.1, 0.15) is 6.61 Å². The van der Waals surface area contributed by atoms with Crippen LogP contribution in [0.2, 0.25) is 0 Å². The molecule has 4 nitrogen and oxygen atoms in total. The zero-order chi connectivity index (χ0) is 11.4. The maximum absolute atomic E-state index is 8.77. The summed E-state index contributed by atoms with van der Waals surface area (Å²) in [5.41, 5.74) is 0. The van der Waals surface area contributed by atoms with E-state index in [1.165, 1.54) is 0 Å². The summed E-state index contributed by atoms with van der Waals surface area (Å²) in [7, 11) is 1.97. The van der Waals surface area contributed by atoms with Crippen LogP contribution in [-0.2, 0) is 0 Å².